The third kappa shape index (κ3) is 5.62. The van der Waals surface area contributed by atoms with E-state index in [-0.39, 0.29) is 35.3 Å². The van der Waals surface area contributed by atoms with Gasteiger partial charge in [0.15, 0.2) is 0 Å². The molecule has 1 spiro atoms. The van der Waals surface area contributed by atoms with Crippen molar-refractivity contribution in [3.63, 3.8) is 0 Å². The molecule has 1 heterocycles. The number of carbonyl (C=O) groups excluding carboxylic acids is 2. The van der Waals surface area contributed by atoms with Crippen LogP contribution in [0.2, 0.25) is 0 Å². The Morgan fingerprint density at radius 2 is 1.86 bits per heavy atom. The Hall–Kier alpha value is -3.04. The molecule has 2 aliphatic rings. The molecule has 3 amide bonds. The van der Waals surface area contributed by atoms with Crippen molar-refractivity contribution < 1.29 is 14.3 Å². The second kappa shape index (κ2) is 11.6. The highest BCUT2D eigenvalue weighted by atomic mass is 16.5. The molecule has 3 N–H and O–H groups in total. The van der Waals surface area contributed by atoms with Crippen molar-refractivity contribution in [2.45, 2.75) is 43.2 Å². The summed E-state index contributed by atoms with van der Waals surface area (Å²) in [6, 6.07) is 10.4. The molecule has 1 aromatic rings. The average molecular weight is 483 g/mol. The minimum atomic E-state index is -0.369. The van der Waals surface area contributed by atoms with Gasteiger partial charge in [0, 0.05) is 44.8 Å². The first-order chi connectivity index (χ1) is 16.8. The number of nitrogens with one attached hydrogen (secondary N) is 3. The third-order valence-electron chi connectivity index (χ3n) is 7.50. The maximum atomic E-state index is 13.5. The molecular formula is C26H38N6O3. The van der Waals surface area contributed by atoms with Crippen molar-refractivity contribution in [2.24, 2.45) is 0 Å². The van der Waals surface area contributed by atoms with Crippen molar-refractivity contribution in [2.75, 3.05) is 47.4 Å². The Morgan fingerprint density at radius 3 is 2.43 bits per heavy atom. The number of allylic oxidation sites excluding steroid dienone is 2. The first-order valence-corrected chi connectivity index (χ1v) is 12.1. The van der Waals surface area contributed by atoms with Crippen LogP contribution in [0.15, 0.2) is 42.1 Å². The van der Waals surface area contributed by atoms with Crippen molar-refractivity contribution in [1.82, 2.24) is 20.0 Å². The van der Waals surface area contributed by atoms with Crippen LogP contribution >= 0.6 is 0 Å². The highest BCUT2D eigenvalue weighted by Crippen LogP contribution is 2.48. The zero-order valence-electron chi connectivity index (χ0n) is 21.0. The summed E-state index contributed by atoms with van der Waals surface area (Å²) < 4.78 is 5.24. The number of ether oxygens (including phenoxy) is 1. The van der Waals surface area contributed by atoms with E-state index >= 15 is 0 Å². The number of amides is 3. The summed E-state index contributed by atoms with van der Waals surface area (Å²) in [5.41, 5.74) is 1.10. The molecule has 2 fully saturated rings. The fraction of sp³-hybridized carbons (Fsp3) is 0.538. The molecule has 0 unspecified atom stereocenters. The van der Waals surface area contributed by atoms with E-state index in [9.17, 15) is 9.59 Å². The van der Waals surface area contributed by atoms with E-state index in [0.717, 1.165) is 44.5 Å². The molecule has 3 rings (SSSR count). The van der Waals surface area contributed by atoms with Crippen LogP contribution < -0.4 is 5.32 Å². The summed E-state index contributed by atoms with van der Waals surface area (Å²) in [6.45, 7) is 1.58. The van der Waals surface area contributed by atoms with E-state index in [0.29, 0.717) is 19.7 Å². The minimum Gasteiger partial charge on any atom is -0.385 e. The second-order valence-corrected chi connectivity index (χ2v) is 9.63. The standard InChI is InChI=1S/C26H38N6O3/c1-30(2)26(21-8-5-4-6-9-21)13-11-25(12-14-26)20-31(24(34)32(25)16-7-17-35-3)19-23(33)29-22(18-28)10-15-27/h4-6,8-10,15,18,27-28H,7,11-14,16-17,19-20H2,1-3H3,(H,29,33)/b22-10+,27-15?,28-18?. The lowest BCUT2D eigenvalue weighted by Gasteiger charge is -2.51. The maximum absolute atomic E-state index is 13.5. The van der Waals surface area contributed by atoms with Crippen LogP contribution in [-0.4, -0.2) is 92.1 Å². The molecule has 1 aliphatic heterocycles. The van der Waals surface area contributed by atoms with Gasteiger partial charge in [-0.3, -0.25) is 9.69 Å². The van der Waals surface area contributed by atoms with E-state index in [2.05, 4.69) is 48.6 Å². The molecule has 35 heavy (non-hydrogen) atoms. The number of urea groups is 1. The predicted molar refractivity (Wildman–Crippen MR) is 137 cm³/mol. The van der Waals surface area contributed by atoms with Crippen LogP contribution in [0.25, 0.3) is 0 Å². The number of nitrogens with zero attached hydrogens (tertiary/aromatic N) is 3. The van der Waals surface area contributed by atoms with Gasteiger partial charge in [0.2, 0.25) is 5.91 Å². The van der Waals surface area contributed by atoms with Gasteiger partial charge in [-0.1, -0.05) is 30.3 Å². The highest BCUT2D eigenvalue weighted by Gasteiger charge is 2.54. The first kappa shape index (κ1) is 26.6. The normalized spacial score (nSPS) is 24.8. The molecule has 1 saturated carbocycles. The fourth-order valence-electron chi connectivity index (χ4n) is 5.59. The number of rotatable bonds is 11. The predicted octanol–water partition coefficient (Wildman–Crippen LogP) is 2.83. The van der Waals surface area contributed by atoms with Crippen molar-refractivity contribution >= 4 is 24.4 Å². The second-order valence-electron chi connectivity index (χ2n) is 9.63. The van der Waals surface area contributed by atoms with E-state index < -0.39 is 0 Å². The average Bonchev–Trinajstić information content (AvgIpc) is 3.10. The van der Waals surface area contributed by atoms with E-state index in [1.807, 2.05) is 11.0 Å². The van der Waals surface area contributed by atoms with Crippen LogP contribution in [-0.2, 0) is 15.1 Å². The molecule has 9 heteroatoms. The number of methoxy groups -OCH3 is 1. The monoisotopic (exact) mass is 482 g/mol. The van der Waals surface area contributed by atoms with Crippen molar-refractivity contribution in [3.05, 3.63) is 47.7 Å². The molecule has 9 nitrogen and oxygen atoms in total. The largest absolute Gasteiger partial charge is 0.385 e. The Morgan fingerprint density at radius 1 is 1.17 bits per heavy atom. The van der Waals surface area contributed by atoms with Gasteiger partial charge in [0.05, 0.1) is 11.2 Å². The molecule has 0 aromatic heterocycles. The summed E-state index contributed by atoms with van der Waals surface area (Å²) in [5, 5.41) is 17.2. The maximum Gasteiger partial charge on any atom is 0.321 e. The van der Waals surface area contributed by atoms with Crippen LogP contribution in [0.4, 0.5) is 4.79 Å². The Labute approximate surface area is 208 Å². The Kier molecular flexibility index (Phi) is 8.80. The topological polar surface area (TPSA) is 113 Å². The highest BCUT2D eigenvalue weighted by molar-refractivity contribution is 5.93. The minimum absolute atomic E-state index is 0.0813. The SMILES string of the molecule is COCCCN1C(=O)N(CC(=O)N/C(C=N)=C/C=N)CC12CCC(c1ccccc1)(N(C)C)CC2. The zero-order valence-corrected chi connectivity index (χ0v) is 21.0. The number of hydrogen-bond donors (Lipinski definition) is 3. The van der Waals surface area contributed by atoms with E-state index in [4.69, 9.17) is 15.6 Å². The Balaban J connectivity index is 1.80. The smallest absolute Gasteiger partial charge is 0.321 e. The lowest BCUT2D eigenvalue weighted by molar-refractivity contribution is -0.120. The van der Waals surface area contributed by atoms with Gasteiger partial charge in [0.1, 0.15) is 6.54 Å². The van der Waals surface area contributed by atoms with Gasteiger partial charge >= 0.3 is 6.03 Å². The van der Waals surface area contributed by atoms with Gasteiger partial charge < -0.3 is 30.7 Å². The van der Waals surface area contributed by atoms with Crippen LogP contribution in [0.3, 0.4) is 0 Å². The van der Waals surface area contributed by atoms with Crippen LogP contribution in [0.5, 0.6) is 0 Å². The molecule has 1 aromatic carbocycles. The quantitative estimate of drug-likeness (QED) is 0.332. The summed E-state index contributed by atoms with van der Waals surface area (Å²) >= 11 is 0. The lowest BCUT2D eigenvalue weighted by Crippen LogP contribution is -2.55. The lowest BCUT2D eigenvalue weighted by atomic mass is 9.68. The summed E-state index contributed by atoms with van der Waals surface area (Å²) in [4.78, 5) is 32.0. The summed E-state index contributed by atoms with van der Waals surface area (Å²) in [7, 11) is 5.91. The molecule has 0 bridgehead atoms. The van der Waals surface area contributed by atoms with Gasteiger partial charge in [-0.25, -0.2) is 4.79 Å². The summed E-state index contributed by atoms with van der Waals surface area (Å²) in [6.07, 6.45) is 7.59. The molecular weight excluding hydrogens is 444 g/mol. The van der Waals surface area contributed by atoms with Crippen LogP contribution in [0.1, 0.15) is 37.7 Å². The zero-order chi connectivity index (χ0) is 25.5. The summed E-state index contributed by atoms with van der Waals surface area (Å²) in [5.74, 6) is -0.369. The fourth-order valence-corrected chi connectivity index (χ4v) is 5.59. The van der Waals surface area contributed by atoms with Crippen molar-refractivity contribution in [1.29, 1.82) is 10.8 Å². The first-order valence-electron chi connectivity index (χ1n) is 12.1. The van der Waals surface area contributed by atoms with Gasteiger partial charge in [-0.2, -0.15) is 0 Å². The molecule has 1 saturated heterocycles. The van der Waals surface area contributed by atoms with Gasteiger partial charge in [-0.15, -0.1) is 0 Å². The van der Waals surface area contributed by atoms with Crippen molar-refractivity contribution in [3.8, 4) is 0 Å². The molecule has 0 radical (unpaired) electrons. The van der Waals surface area contributed by atoms with Gasteiger partial charge in [0.25, 0.3) is 0 Å². The number of carbonyl (C=O) groups is 2. The Bertz CT molecular complexity index is 938. The third-order valence-corrected chi connectivity index (χ3v) is 7.50. The molecule has 190 valence electrons. The van der Waals surface area contributed by atoms with Gasteiger partial charge in [-0.05, 0) is 57.8 Å². The molecule has 0 atom stereocenters. The number of benzene rings is 1. The van der Waals surface area contributed by atoms with E-state index in [1.54, 1.807) is 12.0 Å². The van der Waals surface area contributed by atoms with E-state index in [1.165, 1.54) is 11.6 Å². The van der Waals surface area contributed by atoms with Crippen LogP contribution in [0, 0.1) is 10.8 Å². The molecule has 1 aliphatic carbocycles. The number of hydrogen-bond acceptors (Lipinski definition) is 6.